The van der Waals surface area contributed by atoms with Gasteiger partial charge in [0.1, 0.15) is 0 Å². The maximum absolute atomic E-state index is 10.2. The Morgan fingerprint density at radius 2 is 1.84 bits per heavy atom. The Morgan fingerprint density at radius 3 is 2.71 bits per heavy atom. The number of piperidine rings is 1. The maximum atomic E-state index is 10.2. The zero-order valence-electron chi connectivity index (χ0n) is 17.9. The van der Waals surface area contributed by atoms with Gasteiger partial charge >= 0.3 is 0 Å². The number of nitrogens with one attached hydrogen (secondary N) is 1. The van der Waals surface area contributed by atoms with E-state index in [1.54, 1.807) is 0 Å². The Labute approximate surface area is 182 Å². The second kappa shape index (κ2) is 7.79. The molecule has 7 heteroatoms. The number of aliphatic hydroxyl groups excluding tert-OH is 1. The van der Waals surface area contributed by atoms with Gasteiger partial charge in [0.15, 0.2) is 17.0 Å². The molecule has 2 fully saturated rings. The first-order valence-electron chi connectivity index (χ1n) is 11.8. The first-order valence-corrected chi connectivity index (χ1v) is 11.8. The van der Waals surface area contributed by atoms with Crippen LogP contribution in [0.4, 0.5) is 17.5 Å². The van der Waals surface area contributed by atoms with Gasteiger partial charge in [-0.1, -0.05) is 18.9 Å². The van der Waals surface area contributed by atoms with Crippen LogP contribution in [0.1, 0.15) is 62.1 Å². The quantitative estimate of drug-likeness (QED) is 0.663. The summed E-state index contributed by atoms with van der Waals surface area (Å²) in [6.07, 6.45) is 11.9. The lowest BCUT2D eigenvalue weighted by Gasteiger charge is -2.30. The molecule has 0 spiro atoms. The van der Waals surface area contributed by atoms with Crippen molar-refractivity contribution >= 4 is 28.6 Å². The van der Waals surface area contributed by atoms with E-state index >= 15 is 0 Å². The Bertz CT molecular complexity index is 1100. The number of anilines is 3. The number of aryl methyl sites for hydroxylation is 2. The van der Waals surface area contributed by atoms with E-state index in [1.807, 2.05) is 6.33 Å². The second-order valence-corrected chi connectivity index (χ2v) is 9.34. The molecular weight excluding hydrogens is 388 g/mol. The number of hydrogen-bond donors (Lipinski definition) is 2. The van der Waals surface area contributed by atoms with Gasteiger partial charge in [-0.25, -0.2) is 4.98 Å². The topological polar surface area (TPSA) is 79.1 Å². The van der Waals surface area contributed by atoms with Crippen LogP contribution in [0.2, 0.25) is 0 Å². The summed E-state index contributed by atoms with van der Waals surface area (Å²) in [4.78, 5) is 16.7. The summed E-state index contributed by atoms with van der Waals surface area (Å²) in [6.45, 7) is 1.46. The molecule has 1 aromatic carbocycles. The van der Waals surface area contributed by atoms with Crippen molar-refractivity contribution < 1.29 is 5.11 Å². The average molecular weight is 419 g/mol. The van der Waals surface area contributed by atoms with Crippen molar-refractivity contribution in [3.63, 3.8) is 0 Å². The molecule has 7 nitrogen and oxygen atoms in total. The van der Waals surface area contributed by atoms with Crippen molar-refractivity contribution in [1.29, 1.82) is 0 Å². The number of nitrogens with zero attached hydrogens (tertiary/aromatic N) is 5. The van der Waals surface area contributed by atoms with Crippen LogP contribution in [0.3, 0.4) is 0 Å². The average Bonchev–Trinajstić information content (AvgIpc) is 3.53. The van der Waals surface area contributed by atoms with Gasteiger partial charge in [-0.15, -0.1) is 0 Å². The summed E-state index contributed by atoms with van der Waals surface area (Å²) in [5.41, 5.74) is 5.69. The van der Waals surface area contributed by atoms with Crippen molar-refractivity contribution in [2.45, 2.75) is 69.9 Å². The van der Waals surface area contributed by atoms with Gasteiger partial charge in [0.25, 0.3) is 0 Å². The summed E-state index contributed by atoms with van der Waals surface area (Å²) < 4.78 is 2.25. The highest BCUT2D eigenvalue weighted by molar-refractivity contribution is 5.87. The summed E-state index contributed by atoms with van der Waals surface area (Å²) >= 11 is 0. The summed E-state index contributed by atoms with van der Waals surface area (Å²) in [5.74, 6) is 1.45. The van der Waals surface area contributed by atoms with Gasteiger partial charge in [0, 0.05) is 24.8 Å². The minimum atomic E-state index is -0.319. The largest absolute Gasteiger partial charge is 0.391 e. The maximum Gasteiger partial charge on any atom is 0.229 e. The summed E-state index contributed by atoms with van der Waals surface area (Å²) in [6, 6.07) is 7.11. The number of rotatable bonds is 4. The molecule has 1 saturated heterocycles. The fraction of sp³-hybridized carbons (Fsp3) is 0.542. The monoisotopic (exact) mass is 418 g/mol. The Hall–Kier alpha value is -2.67. The third-order valence-electron chi connectivity index (χ3n) is 7.17. The van der Waals surface area contributed by atoms with E-state index in [2.05, 4.69) is 33.0 Å². The van der Waals surface area contributed by atoms with Crippen LogP contribution in [0.25, 0.3) is 11.2 Å². The molecule has 1 unspecified atom stereocenters. The lowest BCUT2D eigenvalue weighted by atomic mass is 10.1. The fourth-order valence-corrected chi connectivity index (χ4v) is 5.51. The SMILES string of the molecule is OC1CCCN(c2nc(Nc3ccc4c(c3)CCC4)c3ncn(C4CCCC4)c3n2)C1. The van der Waals surface area contributed by atoms with Crippen LogP contribution in [0.5, 0.6) is 0 Å². The number of benzene rings is 1. The van der Waals surface area contributed by atoms with E-state index in [0.717, 1.165) is 48.5 Å². The molecule has 0 bridgehead atoms. The third-order valence-corrected chi connectivity index (χ3v) is 7.17. The van der Waals surface area contributed by atoms with Crippen molar-refractivity contribution in [3.05, 3.63) is 35.7 Å². The highest BCUT2D eigenvalue weighted by Gasteiger charge is 2.25. The number of fused-ring (bicyclic) bond motifs is 2. The van der Waals surface area contributed by atoms with Crippen molar-refractivity contribution in [2.24, 2.45) is 0 Å². The normalized spacial score (nSPS) is 21.7. The van der Waals surface area contributed by atoms with Crippen LogP contribution in [-0.4, -0.2) is 43.8 Å². The molecule has 2 aromatic heterocycles. The van der Waals surface area contributed by atoms with Crippen LogP contribution in [0.15, 0.2) is 24.5 Å². The smallest absolute Gasteiger partial charge is 0.229 e. The fourth-order valence-electron chi connectivity index (χ4n) is 5.51. The molecule has 1 aliphatic heterocycles. The molecule has 0 amide bonds. The van der Waals surface area contributed by atoms with Gasteiger partial charge in [-0.05, 0) is 68.2 Å². The number of aromatic nitrogens is 4. The van der Waals surface area contributed by atoms with Crippen LogP contribution >= 0.6 is 0 Å². The molecule has 31 heavy (non-hydrogen) atoms. The molecule has 3 aromatic rings. The van der Waals surface area contributed by atoms with E-state index in [4.69, 9.17) is 15.0 Å². The van der Waals surface area contributed by atoms with Crippen LogP contribution in [0, 0.1) is 0 Å². The van der Waals surface area contributed by atoms with E-state index in [0.29, 0.717) is 18.5 Å². The molecule has 2 aliphatic carbocycles. The number of hydrogen-bond acceptors (Lipinski definition) is 6. The van der Waals surface area contributed by atoms with E-state index < -0.39 is 0 Å². The number of imidazole rings is 1. The van der Waals surface area contributed by atoms with Gasteiger partial charge in [-0.2, -0.15) is 9.97 Å². The van der Waals surface area contributed by atoms with Gasteiger partial charge in [-0.3, -0.25) is 0 Å². The van der Waals surface area contributed by atoms with Gasteiger partial charge in [0.05, 0.1) is 12.4 Å². The molecule has 0 radical (unpaired) electrons. The highest BCUT2D eigenvalue weighted by atomic mass is 16.3. The second-order valence-electron chi connectivity index (χ2n) is 9.34. The standard InChI is InChI=1S/C24H30N6O/c31-20-9-4-12-29(14-20)24-27-22(26-18-11-10-16-5-3-6-17(16)13-18)21-23(28-24)30(15-25-21)19-7-1-2-8-19/h10-11,13,15,19-20,31H,1-9,12,14H2,(H,26,27,28). The zero-order valence-corrected chi connectivity index (χ0v) is 17.9. The minimum Gasteiger partial charge on any atom is -0.391 e. The van der Waals surface area contributed by atoms with Crippen molar-refractivity contribution in [3.8, 4) is 0 Å². The van der Waals surface area contributed by atoms with Crippen LogP contribution in [-0.2, 0) is 12.8 Å². The molecule has 6 rings (SSSR count). The van der Waals surface area contributed by atoms with Crippen molar-refractivity contribution in [2.75, 3.05) is 23.3 Å². The highest BCUT2D eigenvalue weighted by Crippen LogP contribution is 2.35. The number of aliphatic hydroxyl groups is 1. The lowest BCUT2D eigenvalue weighted by molar-refractivity contribution is 0.153. The summed E-state index contributed by atoms with van der Waals surface area (Å²) in [7, 11) is 0. The molecular formula is C24H30N6O. The lowest BCUT2D eigenvalue weighted by Crippen LogP contribution is -2.39. The molecule has 3 aliphatic rings. The first-order chi connectivity index (χ1) is 15.2. The Kier molecular flexibility index (Phi) is 4.78. The van der Waals surface area contributed by atoms with E-state index in [1.165, 1.54) is 49.7 Å². The molecule has 3 heterocycles. The Balaban J connectivity index is 1.42. The minimum absolute atomic E-state index is 0.319. The van der Waals surface area contributed by atoms with Crippen molar-refractivity contribution in [1.82, 2.24) is 19.5 Å². The first kappa shape index (κ1) is 19.0. The van der Waals surface area contributed by atoms with E-state index in [-0.39, 0.29) is 6.10 Å². The zero-order chi connectivity index (χ0) is 20.8. The molecule has 162 valence electrons. The Morgan fingerprint density at radius 1 is 0.968 bits per heavy atom. The van der Waals surface area contributed by atoms with Gasteiger partial charge < -0.3 is 19.9 Å². The van der Waals surface area contributed by atoms with Gasteiger partial charge in [0.2, 0.25) is 5.95 Å². The number of β-amino-alcohol motifs (C(OH)–C–C–N with tert-alkyl or cyclic N) is 1. The molecule has 1 atom stereocenters. The van der Waals surface area contributed by atoms with E-state index in [9.17, 15) is 5.11 Å². The van der Waals surface area contributed by atoms with Crippen LogP contribution < -0.4 is 10.2 Å². The predicted octanol–water partition coefficient (Wildman–Crippen LogP) is 4.13. The molecule has 2 N–H and O–H groups in total. The third kappa shape index (κ3) is 3.55. The predicted molar refractivity (Wildman–Crippen MR) is 122 cm³/mol. The summed E-state index contributed by atoms with van der Waals surface area (Å²) in [5, 5.41) is 13.8. The molecule has 1 saturated carbocycles.